The van der Waals surface area contributed by atoms with Gasteiger partial charge in [0.1, 0.15) is 17.6 Å². The molecule has 1 fully saturated rings. The highest BCUT2D eigenvalue weighted by molar-refractivity contribution is 5.74. The molecule has 5 heteroatoms. The predicted octanol–water partition coefficient (Wildman–Crippen LogP) is 3.86. The van der Waals surface area contributed by atoms with Crippen molar-refractivity contribution in [1.29, 1.82) is 0 Å². The van der Waals surface area contributed by atoms with E-state index in [4.69, 9.17) is 4.74 Å². The van der Waals surface area contributed by atoms with Crippen LogP contribution in [0.5, 0.6) is 5.75 Å². The Labute approximate surface area is 146 Å². The average molecular weight is 343 g/mol. The van der Waals surface area contributed by atoms with E-state index in [0.29, 0.717) is 19.6 Å². The van der Waals surface area contributed by atoms with Crippen LogP contribution in [-0.4, -0.2) is 35.2 Å². The first kappa shape index (κ1) is 17.4. The van der Waals surface area contributed by atoms with E-state index in [9.17, 15) is 14.3 Å². The van der Waals surface area contributed by atoms with Crippen molar-refractivity contribution in [1.82, 2.24) is 4.90 Å². The maximum absolute atomic E-state index is 13.4. The molecule has 25 heavy (non-hydrogen) atoms. The maximum atomic E-state index is 13.4. The zero-order valence-electron chi connectivity index (χ0n) is 14.2. The third kappa shape index (κ3) is 3.82. The van der Waals surface area contributed by atoms with Gasteiger partial charge in [-0.3, -0.25) is 9.69 Å². The van der Waals surface area contributed by atoms with Gasteiger partial charge in [-0.1, -0.05) is 24.3 Å². The number of rotatable bonds is 6. The number of carboxylic acids is 1. The maximum Gasteiger partial charge on any atom is 0.320 e. The fraction of sp³-hybridized carbons (Fsp3) is 0.350. The number of carbonyl (C=O) groups is 1. The van der Waals surface area contributed by atoms with Crippen molar-refractivity contribution in [2.24, 2.45) is 0 Å². The van der Waals surface area contributed by atoms with Crippen LogP contribution in [0.1, 0.15) is 36.9 Å². The Bertz CT molecular complexity index is 732. The van der Waals surface area contributed by atoms with Crippen molar-refractivity contribution >= 4 is 5.97 Å². The summed E-state index contributed by atoms with van der Waals surface area (Å²) in [6.07, 6.45) is 1.46. The Morgan fingerprint density at radius 1 is 1.28 bits per heavy atom. The van der Waals surface area contributed by atoms with Crippen molar-refractivity contribution in [3.8, 4) is 5.75 Å². The van der Waals surface area contributed by atoms with Gasteiger partial charge < -0.3 is 9.84 Å². The summed E-state index contributed by atoms with van der Waals surface area (Å²) in [6, 6.07) is 13.2. The van der Waals surface area contributed by atoms with Gasteiger partial charge in [0.15, 0.2) is 0 Å². The van der Waals surface area contributed by atoms with Gasteiger partial charge in [-0.15, -0.1) is 0 Å². The second-order valence-corrected chi connectivity index (χ2v) is 6.19. The number of nitrogens with zero attached hydrogens (tertiary/aromatic N) is 1. The summed E-state index contributed by atoms with van der Waals surface area (Å²) in [5.41, 5.74) is 1.83. The Morgan fingerprint density at radius 2 is 2.04 bits per heavy atom. The van der Waals surface area contributed by atoms with Crippen LogP contribution in [0.15, 0.2) is 48.5 Å². The molecule has 3 rings (SSSR count). The number of carboxylic acid groups (broad SMARTS) is 1. The molecule has 1 aliphatic heterocycles. The van der Waals surface area contributed by atoms with Gasteiger partial charge in [0.25, 0.3) is 0 Å². The van der Waals surface area contributed by atoms with Gasteiger partial charge in [0.2, 0.25) is 0 Å². The lowest BCUT2D eigenvalue weighted by atomic mass is 9.96. The van der Waals surface area contributed by atoms with Crippen LogP contribution in [0.25, 0.3) is 0 Å². The molecule has 1 N–H and O–H groups in total. The second kappa shape index (κ2) is 7.66. The topological polar surface area (TPSA) is 49.8 Å². The molecule has 0 radical (unpaired) electrons. The molecular formula is C20H22FNO3. The SMILES string of the molecule is CCOc1cccc(C(c2ccc(F)cc2)N2CCCC2C(=O)O)c1. The highest BCUT2D eigenvalue weighted by atomic mass is 19.1. The zero-order valence-corrected chi connectivity index (χ0v) is 14.2. The summed E-state index contributed by atoms with van der Waals surface area (Å²) in [7, 11) is 0. The van der Waals surface area contributed by atoms with Crippen LogP contribution >= 0.6 is 0 Å². The summed E-state index contributed by atoms with van der Waals surface area (Å²) < 4.78 is 19.0. The first-order chi connectivity index (χ1) is 12.1. The van der Waals surface area contributed by atoms with Crippen molar-refractivity contribution in [2.45, 2.75) is 31.8 Å². The molecule has 1 heterocycles. The van der Waals surface area contributed by atoms with Crippen LogP contribution in [0.2, 0.25) is 0 Å². The summed E-state index contributed by atoms with van der Waals surface area (Å²) in [5.74, 6) is -0.370. The van der Waals surface area contributed by atoms with Crippen molar-refractivity contribution < 1.29 is 19.0 Å². The lowest BCUT2D eigenvalue weighted by molar-refractivity contribution is -0.142. The van der Waals surface area contributed by atoms with E-state index in [1.54, 1.807) is 12.1 Å². The van der Waals surface area contributed by atoms with Gasteiger partial charge >= 0.3 is 5.97 Å². The monoisotopic (exact) mass is 343 g/mol. The standard InChI is InChI=1S/C20H22FNO3/c1-2-25-17-6-3-5-15(13-17)19(14-8-10-16(21)11-9-14)22-12-4-7-18(22)20(23)24/h3,5-6,8-11,13,18-19H,2,4,7,12H2,1H3,(H,23,24). The average Bonchev–Trinajstić information content (AvgIpc) is 3.07. The van der Waals surface area contributed by atoms with Crippen LogP contribution < -0.4 is 4.74 Å². The molecule has 0 saturated carbocycles. The van der Waals surface area contributed by atoms with Gasteiger partial charge in [0, 0.05) is 6.54 Å². The predicted molar refractivity (Wildman–Crippen MR) is 93.2 cm³/mol. The van der Waals surface area contributed by atoms with E-state index in [0.717, 1.165) is 23.3 Å². The normalized spacial score (nSPS) is 18.9. The molecule has 2 unspecified atom stereocenters. The number of likely N-dealkylation sites (tertiary alicyclic amines) is 1. The van der Waals surface area contributed by atoms with E-state index in [-0.39, 0.29) is 11.9 Å². The van der Waals surface area contributed by atoms with Crippen molar-refractivity contribution in [2.75, 3.05) is 13.2 Å². The molecule has 0 aliphatic carbocycles. The van der Waals surface area contributed by atoms with Crippen molar-refractivity contribution in [3.05, 3.63) is 65.5 Å². The molecule has 0 spiro atoms. The zero-order chi connectivity index (χ0) is 17.8. The molecule has 2 aromatic rings. The molecule has 0 bridgehead atoms. The second-order valence-electron chi connectivity index (χ2n) is 6.19. The van der Waals surface area contributed by atoms with Crippen LogP contribution in [0, 0.1) is 5.82 Å². The smallest absolute Gasteiger partial charge is 0.320 e. The first-order valence-corrected chi connectivity index (χ1v) is 8.57. The fourth-order valence-electron chi connectivity index (χ4n) is 3.52. The molecule has 0 aromatic heterocycles. The molecule has 132 valence electrons. The highest BCUT2D eigenvalue weighted by Gasteiger charge is 2.36. The van der Waals surface area contributed by atoms with Crippen LogP contribution in [0.4, 0.5) is 4.39 Å². The number of aliphatic carboxylic acids is 1. The Morgan fingerprint density at radius 3 is 2.72 bits per heavy atom. The minimum atomic E-state index is -0.814. The van der Waals surface area contributed by atoms with Gasteiger partial charge in [0.05, 0.1) is 12.6 Å². The third-order valence-electron chi connectivity index (χ3n) is 4.58. The quantitative estimate of drug-likeness (QED) is 0.865. The highest BCUT2D eigenvalue weighted by Crippen LogP contribution is 2.36. The van der Waals surface area contributed by atoms with Gasteiger partial charge in [-0.25, -0.2) is 4.39 Å². The Hall–Kier alpha value is -2.40. The molecular weight excluding hydrogens is 321 g/mol. The summed E-state index contributed by atoms with van der Waals surface area (Å²) >= 11 is 0. The van der Waals surface area contributed by atoms with Gasteiger partial charge in [-0.05, 0) is 55.2 Å². The van der Waals surface area contributed by atoms with E-state index in [2.05, 4.69) is 0 Å². The van der Waals surface area contributed by atoms with Crippen molar-refractivity contribution in [3.63, 3.8) is 0 Å². The Kier molecular flexibility index (Phi) is 5.34. The lowest BCUT2D eigenvalue weighted by Crippen LogP contribution is -2.39. The fourth-order valence-corrected chi connectivity index (χ4v) is 3.52. The lowest BCUT2D eigenvalue weighted by Gasteiger charge is -2.32. The van der Waals surface area contributed by atoms with E-state index >= 15 is 0 Å². The minimum absolute atomic E-state index is 0.246. The van der Waals surface area contributed by atoms with E-state index in [1.165, 1.54) is 12.1 Å². The Balaban J connectivity index is 2.04. The largest absolute Gasteiger partial charge is 0.494 e. The molecule has 0 amide bonds. The molecule has 1 saturated heterocycles. The third-order valence-corrected chi connectivity index (χ3v) is 4.58. The number of ether oxygens (including phenoxy) is 1. The van der Waals surface area contributed by atoms with Crippen LogP contribution in [0.3, 0.4) is 0 Å². The molecule has 1 aliphatic rings. The minimum Gasteiger partial charge on any atom is -0.494 e. The number of hydrogen-bond donors (Lipinski definition) is 1. The number of halogens is 1. The molecule has 2 aromatic carbocycles. The summed E-state index contributed by atoms with van der Waals surface area (Å²) in [4.78, 5) is 13.7. The molecule has 2 atom stereocenters. The van der Waals surface area contributed by atoms with E-state index in [1.807, 2.05) is 36.1 Å². The molecule has 4 nitrogen and oxygen atoms in total. The van der Waals surface area contributed by atoms with Crippen LogP contribution in [-0.2, 0) is 4.79 Å². The number of benzene rings is 2. The van der Waals surface area contributed by atoms with E-state index < -0.39 is 12.0 Å². The first-order valence-electron chi connectivity index (χ1n) is 8.57. The number of hydrogen-bond acceptors (Lipinski definition) is 3. The summed E-state index contributed by atoms with van der Waals surface area (Å²) in [6.45, 7) is 3.18. The summed E-state index contributed by atoms with van der Waals surface area (Å²) in [5, 5.41) is 9.58. The van der Waals surface area contributed by atoms with Gasteiger partial charge in [-0.2, -0.15) is 0 Å².